The number of benzene rings is 3. The highest BCUT2D eigenvalue weighted by atomic mass is 19.1. The quantitative estimate of drug-likeness (QED) is 0.164. The molecule has 0 bridgehead atoms. The van der Waals surface area contributed by atoms with Crippen LogP contribution >= 0.6 is 0 Å². The van der Waals surface area contributed by atoms with Crippen molar-refractivity contribution in [3.63, 3.8) is 0 Å². The van der Waals surface area contributed by atoms with E-state index in [1.54, 1.807) is 37.3 Å². The van der Waals surface area contributed by atoms with Crippen LogP contribution in [0.1, 0.15) is 26.3 Å². The summed E-state index contributed by atoms with van der Waals surface area (Å²) in [7, 11) is 0. The number of halogens is 1. The Bertz CT molecular complexity index is 1470. The van der Waals surface area contributed by atoms with E-state index in [-0.39, 0.29) is 29.3 Å². The molecule has 3 aromatic carbocycles. The van der Waals surface area contributed by atoms with Crippen molar-refractivity contribution in [1.82, 2.24) is 0 Å². The number of hydrogen-bond acceptors (Lipinski definition) is 6. The first-order valence-corrected chi connectivity index (χ1v) is 12.1. The van der Waals surface area contributed by atoms with Crippen molar-refractivity contribution in [3.8, 4) is 33.8 Å². The van der Waals surface area contributed by atoms with E-state index in [2.05, 4.69) is 19.7 Å². The number of carbonyl (C=O) groups is 3. The van der Waals surface area contributed by atoms with Gasteiger partial charge in [0.1, 0.15) is 5.82 Å². The van der Waals surface area contributed by atoms with Crippen LogP contribution in [0.2, 0.25) is 0 Å². The molecule has 0 aliphatic carbocycles. The second kappa shape index (κ2) is 12.6. The Labute approximate surface area is 227 Å². The van der Waals surface area contributed by atoms with Crippen molar-refractivity contribution in [2.24, 2.45) is 0 Å². The van der Waals surface area contributed by atoms with Crippen LogP contribution in [0.15, 0.2) is 97.1 Å². The Morgan fingerprint density at radius 1 is 0.667 bits per heavy atom. The van der Waals surface area contributed by atoms with Crippen LogP contribution in [0, 0.1) is 5.82 Å². The molecule has 0 spiro atoms. The van der Waals surface area contributed by atoms with E-state index in [0.717, 1.165) is 5.56 Å². The lowest BCUT2D eigenvalue weighted by molar-refractivity contribution is -0.138. The van der Waals surface area contributed by atoms with Gasteiger partial charge in [-0.05, 0) is 61.2 Å². The Morgan fingerprint density at radius 3 is 1.74 bits per heavy atom. The molecule has 3 aromatic rings. The van der Waals surface area contributed by atoms with Gasteiger partial charge in [0.2, 0.25) is 0 Å². The topological polar surface area (TPSA) is 78.9 Å². The van der Waals surface area contributed by atoms with E-state index < -0.39 is 23.7 Å². The molecule has 0 aliphatic heterocycles. The smallest absolute Gasteiger partial charge is 0.338 e. The largest absolute Gasteiger partial charge is 0.462 e. The van der Waals surface area contributed by atoms with Gasteiger partial charge in [-0.1, -0.05) is 62.2 Å². The molecule has 0 saturated carbocycles. The van der Waals surface area contributed by atoms with Gasteiger partial charge >= 0.3 is 17.9 Å². The highest BCUT2D eigenvalue weighted by Crippen LogP contribution is 2.35. The van der Waals surface area contributed by atoms with E-state index >= 15 is 4.39 Å². The van der Waals surface area contributed by atoms with E-state index in [9.17, 15) is 14.4 Å². The van der Waals surface area contributed by atoms with Gasteiger partial charge in [0.15, 0.2) is 11.5 Å². The van der Waals surface area contributed by atoms with Gasteiger partial charge in [-0.25, -0.2) is 18.8 Å². The van der Waals surface area contributed by atoms with E-state index in [4.69, 9.17) is 14.2 Å². The van der Waals surface area contributed by atoms with Crippen molar-refractivity contribution >= 4 is 17.9 Å². The summed E-state index contributed by atoms with van der Waals surface area (Å²) in [5.41, 5.74) is 3.77. The van der Waals surface area contributed by atoms with Crippen LogP contribution in [0.3, 0.4) is 0 Å². The molecule has 0 saturated heterocycles. The van der Waals surface area contributed by atoms with Crippen molar-refractivity contribution in [2.75, 3.05) is 6.61 Å². The Morgan fingerprint density at radius 2 is 1.18 bits per heavy atom. The lowest BCUT2D eigenvalue weighted by Gasteiger charge is -2.13. The zero-order valence-electron chi connectivity index (χ0n) is 22.1. The van der Waals surface area contributed by atoms with Crippen LogP contribution in [-0.2, 0) is 25.5 Å². The number of esters is 3. The molecule has 39 heavy (non-hydrogen) atoms. The first kappa shape index (κ1) is 28.8. The summed E-state index contributed by atoms with van der Waals surface area (Å²) < 4.78 is 31.0. The maximum Gasteiger partial charge on any atom is 0.338 e. The molecule has 0 fully saturated rings. The lowest BCUT2D eigenvalue weighted by atomic mass is 9.98. The first-order valence-electron chi connectivity index (χ1n) is 12.1. The predicted molar refractivity (Wildman–Crippen MR) is 148 cm³/mol. The molecule has 0 aliphatic rings. The van der Waals surface area contributed by atoms with Crippen LogP contribution < -0.4 is 9.47 Å². The summed E-state index contributed by atoms with van der Waals surface area (Å²) in [6, 6.07) is 16.7. The maximum absolute atomic E-state index is 15.2. The minimum atomic E-state index is -0.696. The average Bonchev–Trinajstić information content (AvgIpc) is 2.89. The monoisotopic (exact) mass is 528 g/mol. The predicted octanol–water partition coefficient (Wildman–Crippen LogP) is 6.78. The molecule has 0 unspecified atom stereocenters. The summed E-state index contributed by atoms with van der Waals surface area (Å²) >= 11 is 0. The summed E-state index contributed by atoms with van der Waals surface area (Å²) in [4.78, 5) is 35.7. The standard InChI is InChI=1S/C32H29FO6/c1-19(2)30(34)37-16-15-22-7-9-23(10-8-22)26-13-11-24(17-27(26)33)25-12-14-28(38-31(35)20(3)4)29(18-25)39-32(36)21(5)6/h7-14,17-18H,1,3,5,15-16H2,2,4,6H3. The first-order chi connectivity index (χ1) is 18.5. The number of carbonyl (C=O) groups excluding carboxylic acids is 3. The zero-order valence-corrected chi connectivity index (χ0v) is 22.1. The second-order valence-corrected chi connectivity index (χ2v) is 9.06. The Kier molecular flexibility index (Phi) is 9.33. The fourth-order valence-corrected chi connectivity index (χ4v) is 3.39. The summed E-state index contributed by atoms with van der Waals surface area (Å²) in [6.45, 7) is 15.5. The fraction of sp³-hybridized carbons (Fsp3) is 0.156. The number of hydrogen-bond donors (Lipinski definition) is 0. The summed E-state index contributed by atoms with van der Waals surface area (Å²) in [6.07, 6.45) is 0.524. The molecule has 6 nitrogen and oxygen atoms in total. The van der Waals surface area contributed by atoms with Gasteiger partial charge in [0.25, 0.3) is 0 Å². The van der Waals surface area contributed by atoms with Gasteiger partial charge < -0.3 is 14.2 Å². The van der Waals surface area contributed by atoms with E-state index in [1.165, 1.54) is 32.0 Å². The molecular formula is C32H29FO6. The SMILES string of the molecule is C=C(C)C(=O)OCCc1ccc(-c2ccc(-c3ccc(OC(=O)C(=C)C)c(OC(=O)C(=C)C)c3)cc2F)cc1. The van der Waals surface area contributed by atoms with Crippen molar-refractivity contribution in [3.05, 3.63) is 109 Å². The zero-order chi connectivity index (χ0) is 28.7. The minimum Gasteiger partial charge on any atom is -0.462 e. The van der Waals surface area contributed by atoms with Crippen molar-refractivity contribution in [2.45, 2.75) is 27.2 Å². The molecule has 0 aromatic heterocycles. The lowest BCUT2D eigenvalue weighted by Crippen LogP contribution is -2.12. The molecule has 0 heterocycles. The van der Waals surface area contributed by atoms with Crippen molar-refractivity contribution < 1.29 is 33.0 Å². The third-order valence-corrected chi connectivity index (χ3v) is 5.59. The van der Waals surface area contributed by atoms with E-state index in [1.807, 2.05) is 12.1 Å². The Hall–Kier alpha value is -4.78. The van der Waals surface area contributed by atoms with Crippen LogP contribution in [0.5, 0.6) is 11.5 Å². The fourth-order valence-electron chi connectivity index (χ4n) is 3.39. The van der Waals surface area contributed by atoms with Gasteiger partial charge in [0.05, 0.1) is 6.61 Å². The van der Waals surface area contributed by atoms with Gasteiger partial charge in [0, 0.05) is 28.7 Å². The second-order valence-electron chi connectivity index (χ2n) is 9.06. The normalized spacial score (nSPS) is 10.4. The molecule has 3 rings (SSSR count). The molecule has 0 N–H and O–H groups in total. The maximum atomic E-state index is 15.2. The molecule has 0 atom stereocenters. The van der Waals surface area contributed by atoms with E-state index in [0.29, 0.717) is 34.2 Å². The third-order valence-electron chi connectivity index (χ3n) is 5.59. The minimum absolute atomic E-state index is 0.0101. The average molecular weight is 529 g/mol. The molecule has 7 heteroatoms. The molecule has 200 valence electrons. The van der Waals surface area contributed by atoms with Crippen LogP contribution in [0.4, 0.5) is 4.39 Å². The van der Waals surface area contributed by atoms with Crippen LogP contribution in [0.25, 0.3) is 22.3 Å². The van der Waals surface area contributed by atoms with Crippen LogP contribution in [-0.4, -0.2) is 24.5 Å². The highest BCUT2D eigenvalue weighted by Gasteiger charge is 2.17. The Balaban J connectivity index is 1.83. The van der Waals surface area contributed by atoms with Gasteiger partial charge in [-0.2, -0.15) is 0 Å². The van der Waals surface area contributed by atoms with Gasteiger partial charge in [-0.3, -0.25) is 0 Å². The number of ether oxygens (including phenoxy) is 3. The van der Waals surface area contributed by atoms with Gasteiger partial charge in [-0.15, -0.1) is 0 Å². The third kappa shape index (κ3) is 7.61. The molecular weight excluding hydrogens is 499 g/mol. The summed E-state index contributed by atoms with van der Waals surface area (Å²) in [5.74, 6) is -2.24. The summed E-state index contributed by atoms with van der Waals surface area (Å²) in [5, 5.41) is 0. The number of rotatable bonds is 10. The van der Waals surface area contributed by atoms with Crippen molar-refractivity contribution in [1.29, 1.82) is 0 Å². The molecule has 0 radical (unpaired) electrons. The highest BCUT2D eigenvalue weighted by molar-refractivity contribution is 5.91. The molecule has 0 amide bonds.